The first-order chi connectivity index (χ1) is 9.79. The lowest BCUT2D eigenvalue weighted by Gasteiger charge is -2.24. The van der Waals surface area contributed by atoms with Crippen molar-refractivity contribution in [1.82, 2.24) is 4.90 Å². The van der Waals surface area contributed by atoms with Crippen molar-refractivity contribution >= 4 is 35.0 Å². The van der Waals surface area contributed by atoms with E-state index in [4.69, 9.17) is 27.9 Å². The van der Waals surface area contributed by atoms with Gasteiger partial charge in [-0.1, -0.05) is 0 Å². The lowest BCUT2D eigenvalue weighted by atomic mass is 10.3. The van der Waals surface area contributed by atoms with E-state index in [1.165, 1.54) is 29.2 Å². The van der Waals surface area contributed by atoms with Crippen LogP contribution in [0.3, 0.4) is 0 Å². The number of ether oxygens (including phenoxy) is 1. The smallest absolute Gasteiger partial charge is 0.410 e. The second kappa shape index (κ2) is 8.05. The van der Waals surface area contributed by atoms with Crippen LogP contribution < -0.4 is 4.74 Å². The maximum atomic E-state index is 12.1. The lowest BCUT2D eigenvalue weighted by molar-refractivity contribution is -0.384. The number of non-ortho nitro benzene ring substituents is 1. The Morgan fingerprint density at radius 2 is 1.71 bits per heavy atom. The molecule has 0 N–H and O–H groups in total. The molecule has 6 nitrogen and oxygen atoms in total. The van der Waals surface area contributed by atoms with Crippen molar-refractivity contribution in [3.05, 3.63) is 34.4 Å². The largest absolute Gasteiger partial charge is 0.415 e. The van der Waals surface area contributed by atoms with Crippen molar-refractivity contribution < 1.29 is 14.5 Å². The lowest BCUT2D eigenvalue weighted by Crippen LogP contribution is -2.40. The van der Waals surface area contributed by atoms with E-state index in [2.05, 4.69) is 0 Å². The Hall–Kier alpha value is -1.53. The predicted molar refractivity (Wildman–Crippen MR) is 81.3 cm³/mol. The number of carbonyl (C=O) groups is 1. The zero-order valence-electron chi connectivity index (χ0n) is 11.7. The number of amides is 1. The summed E-state index contributed by atoms with van der Waals surface area (Å²) in [6.45, 7) is 4.11. The van der Waals surface area contributed by atoms with Gasteiger partial charge in [-0.3, -0.25) is 10.1 Å². The molecule has 1 amide bonds. The third-order valence-electron chi connectivity index (χ3n) is 2.45. The molecule has 0 unspecified atom stereocenters. The number of nitro groups is 1. The molecule has 0 aromatic heterocycles. The monoisotopic (exact) mass is 334 g/mol. The van der Waals surface area contributed by atoms with E-state index in [0.717, 1.165) is 0 Å². The number of rotatable bonds is 6. The average Bonchev–Trinajstić information content (AvgIpc) is 2.37. The van der Waals surface area contributed by atoms with Gasteiger partial charge in [0.05, 0.1) is 4.92 Å². The standard InChI is InChI=1S/C13H16Cl2N2O4/c1-9(14)7-16(8-10(2)15)13(18)21-12-5-3-11(4-6-12)17(19)20/h3-6,9-10H,7-8H2,1-2H3/t9-,10+. The van der Waals surface area contributed by atoms with Crippen molar-refractivity contribution in [2.45, 2.75) is 24.6 Å². The molecule has 2 atom stereocenters. The summed E-state index contributed by atoms with van der Waals surface area (Å²) in [7, 11) is 0. The Kier molecular flexibility index (Phi) is 6.71. The molecule has 21 heavy (non-hydrogen) atoms. The normalized spacial score (nSPS) is 13.3. The maximum Gasteiger partial charge on any atom is 0.415 e. The van der Waals surface area contributed by atoms with Crippen LogP contribution in [0.15, 0.2) is 24.3 Å². The second-order valence-corrected chi connectivity index (χ2v) is 6.08. The molecular weight excluding hydrogens is 319 g/mol. The molecule has 0 heterocycles. The van der Waals surface area contributed by atoms with Crippen LogP contribution in [0, 0.1) is 10.1 Å². The molecule has 0 spiro atoms. The first-order valence-electron chi connectivity index (χ1n) is 6.29. The molecule has 116 valence electrons. The van der Waals surface area contributed by atoms with Crippen LogP contribution in [0.25, 0.3) is 0 Å². The van der Waals surface area contributed by atoms with E-state index in [-0.39, 0.29) is 22.2 Å². The van der Waals surface area contributed by atoms with Crippen LogP contribution in [-0.2, 0) is 0 Å². The number of nitro benzene ring substituents is 1. The highest BCUT2D eigenvalue weighted by molar-refractivity contribution is 6.21. The number of alkyl halides is 2. The quantitative estimate of drug-likeness (QED) is 0.452. The van der Waals surface area contributed by atoms with Gasteiger partial charge in [0.15, 0.2) is 0 Å². The zero-order chi connectivity index (χ0) is 16.0. The number of hydrogen-bond acceptors (Lipinski definition) is 4. The summed E-state index contributed by atoms with van der Waals surface area (Å²) in [4.78, 5) is 23.5. The fourth-order valence-corrected chi connectivity index (χ4v) is 1.97. The molecule has 1 rings (SSSR count). The van der Waals surface area contributed by atoms with Crippen LogP contribution in [0.2, 0.25) is 0 Å². The van der Waals surface area contributed by atoms with Gasteiger partial charge < -0.3 is 9.64 Å². The number of carbonyl (C=O) groups excluding carboxylic acids is 1. The minimum Gasteiger partial charge on any atom is -0.410 e. The second-order valence-electron chi connectivity index (χ2n) is 4.59. The minimum absolute atomic E-state index is 0.0737. The van der Waals surface area contributed by atoms with Crippen LogP contribution in [0.1, 0.15) is 13.8 Å². The van der Waals surface area contributed by atoms with Gasteiger partial charge >= 0.3 is 6.09 Å². The highest BCUT2D eigenvalue weighted by atomic mass is 35.5. The first kappa shape index (κ1) is 17.5. The van der Waals surface area contributed by atoms with E-state index < -0.39 is 11.0 Å². The van der Waals surface area contributed by atoms with E-state index in [1.807, 2.05) is 0 Å². The van der Waals surface area contributed by atoms with Crippen molar-refractivity contribution in [3.8, 4) is 5.75 Å². The third kappa shape index (κ3) is 6.18. The van der Waals surface area contributed by atoms with E-state index in [9.17, 15) is 14.9 Å². The van der Waals surface area contributed by atoms with E-state index >= 15 is 0 Å². The zero-order valence-corrected chi connectivity index (χ0v) is 13.2. The minimum atomic E-state index is -0.594. The third-order valence-corrected chi connectivity index (χ3v) is 2.73. The van der Waals surface area contributed by atoms with Gasteiger partial charge in [0.1, 0.15) is 5.75 Å². The van der Waals surface area contributed by atoms with Crippen molar-refractivity contribution in [2.75, 3.05) is 13.1 Å². The van der Waals surface area contributed by atoms with Crippen LogP contribution in [0.5, 0.6) is 5.75 Å². The van der Waals surface area contributed by atoms with Gasteiger partial charge in [-0.15, -0.1) is 23.2 Å². The van der Waals surface area contributed by atoms with Gasteiger partial charge in [-0.05, 0) is 26.0 Å². The van der Waals surface area contributed by atoms with E-state index in [1.54, 1.807) is 13.8 Å². The molecule has 0 saturated heterocycles. The van der Waals surface area contributed by atoms with Crippen LogP contribution >= 0.6 is 23.2 Å². The molecule has 0 radical (unpaired) electrons. The summed E-state index contributed by atoms with van der Waals surface area (Å²) in [5, 5.41) is 10.1. The first-order valence-corrected chi connectivity index (χ1v) is 7.16. The van der Waals surface area contributed by atoms with Gasteiger partial charge in [0, 0.05) is 36.0 Å². The average molecular weight is 335 g/mol. The predicted octanol–water partition coefficient (Wildman–Crippen LogP) is 3.65. The molecule has 0 fully saturated rings. The van der Waals surface area contributed by atoms with Crippen LogP contribution in [-0.4, -0.2) is 39.8 Å². The molecule has 0 saturated carbocycles. The number of halogens is 2. The Morgan fingerprint density at radius 3 is 2.10 bits per heavy atom. The molecule has 0 aliphatic heterocycles. The Bertz CT molecular complexity index is 481. The molecule has 1 aromatic rings. The van der Waals surface area contributed by atoms with Gasteiger partial charge in [-0.25, -0.2) is 4.79 Å². The molecule has 8 heteroatoms. The molecule has 0 bridgehead atoms. The summed E-state index contributed by atoms with van der Waals surface area (Å²) >= 11 is 11.8. The summed E-state index contributed by atoms with van der Waals surface area (Å²) in [5.41, 5.74) is -0.0737. The molecular formula is C13H16Cl2N2O4. The molecule has 1 aromatic carbocycles. The molecule has 0 aliphatic carbocycles. The van der Waals surface area contributed by atoms with Crippen molar-refractivity contribution in [2.24, 2.45) is 0 Å². The highest BCUT2D eigenvalue weighted by Gasteiger charge is 2.20. The number of nitrogens with zero attached hydrogens (tertiary/aromatic N) is 2. The SMILES string of the molecule is C[C@H](Cl)CN(C[C@@H](C)Cl)C(=O)Oc1ccc([N+](=O)[O-])cc1. The van der Waals surface area contributed by atoms with Gasteiger partial charge in [0.25, 0.3) is 5.69 Å². The fraction of sp³-hybridized carbons (Fsp3) is 0.462. The highest BCUT2D eigenvalue weighted by Crippen LogP contribution is 2.18. The number of benzene rings is 1. The Labute approximate surface area is 132 Å². The summed E-state index contributed by atoms with van der Waals surface area (Å²) in [5.74, 6) is 0.222. The summed E-state index contributed by atoms with van der Waals surface area (Å²) in [6, 6.07) is 5.26. The van der Waals surface area contributed by atoms with Gasteiger partial charge in [0.2, 0.25) is 0 Å². The van der Waals surface area contributed by atoms with Crippen molar-refractivity contribution in [1.29, 1.82) is 0 Å². The number of hydrogen-bond donors (Lipinski definition) is 0. The van der Waals surface area contributed by atoms with Crippen LogP contribution in [0.4, 0.5) is 10.5 Å². The van der Waals surface area contributed by atoms with Crippen molar-refractivity contribution in [3.63, 3.8) is 0 Å². The Morgan fingerprint density at radius 1 is 1.24 bits per heavy atom. The Balaban J connectivity index is 2.73. The molecule has 0 aliphatic rings. The maximum absolute atomic E-state index is 12.1. The van der Waals surface area contributed by atoms with E-state index in [0.29, 0.717) is 13.1 Å². The summed E-state index contributed by atoms with van der Waals surface area (Å²) < 4.78 is 5.16. The topological polar surface area (TPSA) is 72.7 Å². The summed E-state index contributed by atoms with van der Waals surface area (Å²) in [6.07, 6.45) is -0.594. The fourth-order valence-electron chi connectivity index (χ4n) is 1.63. The van der Waals surface area contributed by atoms with Gasteiger partial charge in [-0.2, -0.15) is 0 Å².